The molecule has 0 aromatic heterocycles. The zero-order valence-electron chi connectivity index (χ0n) is 17.6. The van der Waals surface area contributed by atoms with Gasteiger partial charge in [-0.15, -0.1) is 0 Å². The largest absolute Gasteiger partial charge is 0.374 e. The number of rotatable bonds is 10. The number of anilines is 1. The molecule has 0 bridgehead atoms. The highest BCUT2D eigenvalue weighted by Crippen LogP contribution is 2.19. The van der Waals surface area contributed by atoms with Crippen molar-refractivity contribution in [3.05, 3.63) is 95.8 Å². The molecule has 0 aliphatic rings. The summed E-state index contributed by atoms with van der Waals surface area (Å²) >= 11 is 0. The minimum atomic E-state index is -3.97. The maximum absolute atomic E-state index is 13.7. The normalized spacial score (nSPS) is 12.2. The number of carbonyl (C=O) groups is 1. The molecule has 0 saturated carbocycles. The van der Waals surface area contributed by atoms with Crippen LogP contribution < -0.4 is 10.0 Å². The van der Waals surface area contributed by atoms with Crippen molar-refractivity contribution in [1.82, 2.24) is 5.32 Å². The van der Waals surface area contributed by atoms with E-state index in [0.29, 0.717) is 25.1 Å². The molecule has 3 rings (SSSR count). The maximum Gasteiger partial charge on any atom is 0.261 e. The number of carbonyl (C=O) groups excluding carboxylic acids is 1. The van der Waals surface area contributed by atoms with Crippen molar-refractivity contribution in [3.8, 4) is 0 Å². The Labute approximate surface area is 187 Å². The summed E-state index contributed by atoms with van der Waals surface area (Å²) < 4.78 is 46.6. The molecule has 3 aromatic carbocycles. The number of amides is 1. The average Bonchev–Trinajstić information content (AvgIpc) is 2.80. The van der Waals surface area contributed by atoms with Crippen molar-refractivity contribution in [2.24, 2.45) is 0 Å². The van der Waals surface area contributed by atoms with Gasteiger partial charge in [-0.25, -0.2) is 12.8 Å². The van der Waals surface area contributed by atoms with Crippen LogP contribution in [0.2, 0.25) is 0 Å². The zero-order chi connectivity index (χ0) is 23.0. The van der Waals surface area contributed by atoms with Gasteiger partial charge >= 0.3 is 0 Å². The molecule has 6 nitrogen and oxygen atoms in total. The lowest BCUT2D eigenvalue weighted by Crippen LogP contribution is -2.25. The van der Waals surface area contributed by atoms with Crippen molar-refractivity contribution in [3.63, 3.8) is 0 Å². The Morgan fingerprint density at radius 2 is 1.62 bits per heavy atom. The first-order valence-electron chi connectivity index (χ1n) is 10.2. The van der Waals surface area contributed by atoms with Crippen LogP contribution in [0.15, 0.2) is 83.8 Å². The molecule has 1 unspecified atom stereocenters. The number of hydrogen-bond acceptors (Lipinski definition) is 4. The fourth-order valence-corrected chi connectivity index (χ4v) is 4.06. The minimum absolute atomic E-state index is 0.0284. The molecule has 1 amide bonds. The highest BCUT2D eigenvalue weighted by atomic mass is 32.2. The summed E-state index contributed by atoms with van der Waals surface area (Å²) in [4.78, 5) is 12.2. The number of ether oxygens (including phenoxy) is 1. The Kier molecular flexibility index (Phi) is 7.97. The van der Waals surface area contributed by atoms with Gasteiger partial charge < -0.3 is 10.1 Å². The molecule has 0 saturated heterocycles. The van der Waals surface area contributed by atoms with Crippen molar-refractivity contribution in [2.75, 3.05) is 17.9 Å². The first-order valence-corrected chi connectivity index (χ1v) is 11.7. The van der Waals surface area contributed by atoms with E-state index < -0.39 is 15.8 Å². The average molecular weight is 457 g/mol. The summed E-state index contributed by atoms with van der Waals surface area (Å²) in [6.07, 6.45) is 0.612. The predicted octanol–water partition coefficient (Wildman–Crippen LogP) is 4.52. The molecule has 2 N–H and O–H groups in total. The van der Waals surface area contributed by atoms with Gasteiger partial charge in [-0.3, -0.25) is 9.52 Å². The number of halogens is 1. The van der Waals surface area contributed by atoms with E-state index in [1.807, 2.05) is 37.3 Å². The van der Waals surface area contributed by atoms with E-state index >= 15 is 0 Å². The first kappa shape index (κ1) is 23.4. The van der Waals surface area contributed by atoms with Gasteiger partial charge in [0.15, 0.2) is 0 Å². The van der Waals surface area contributed by atoms with Crippen LogP contribution in [-0.2, 0) is 14.8 Å². The van der Waals surface area contributed by atoms with Crippen LogP contribution >= 0.6 is 0 Å². The van der Waals surface area contributed by atoms with Gasteiger partial charge in [0.2, 0.25) is 0 Å². The first-order chi connectivity index (χ1) is 15.4. The molecular weight excluding hydrogens is 431 g/mol. The molecular formula is C24H25FN2O4S. The van der Waals surface area contributed by atoms with Crippen LogP contribution in [0.4, 0.5) is 10.1 Å². The Hall–Kier alpha value is -3.23. The number of nitrogens with one attached hydrogen (secondary N) is 2. The van der Waals surface area contributed by atoms with E-state index in [1.165, 1.54) is 48.5 Å². The second-order valence-electron chi connectivity index (χ2n) is 7.14. The lowest BCUT2D eigenvalue weighted by Gasteiger charge is -2.13. The predicted molar refractivity (Wildman–Crippen MR) is 121 cm³/mol. The van der Waals surface area contributed by atoms with Crippen molar-refractivity contribution >= 4 is 21.6 Å². The van der Waals surface area contributed by atoms with Crippen LogP contribution in [0, 0.1) is 5.82 Å². The topological polar surface area (TPSA) is 84.5 Å². The Morgan fingerprint density at radius 1 is 0.969 bits per heavy atom. The number of sulfonamides is 1. The fourth-order valence-electron chi connectivity index (χ4n) is 2.99. The lowest BCUT2D eigenvalue weighted by molar-refractivity contribution is 0.0635. The Balaban J connectivity index is 1.47. The van der Waals surface area contributed by atoms with Gasteiger partial charge in [-0.1, -0.05) is 42.5 Å². The zero-order valence-corrected chi connectivity index (χ0v) is 18.4. The smallest absolute Gasteiger partial charge is 0.261 e. The number of hydrogen-bond donors (Lipinski definition) is 2. The molecule has 0 heterocycles. The summed E-state index contributed by atoms with van der Waals surface area (Å²) in [5.74, 6) is -0.985. The van der Waals surface area contributed by atoms with Crippen LogP contribution in [0.5, 0.6) is 0 Å². The van der Waals surface area contributed by atoms with Gasteiger partial charge in [0.05, 0.1) is 16.7 Å². The third kappa shape index (κ3) is 6.38. The standard InChI is InChI=1S/C24H25FN2O4S/c1-18(19-8-3-2-4-9-19)31-17-7-16-26-24(28)20-12-14-21(15-13-20)32(29,30)27-23-11-6-5-10-22(23)25/h2-6,8-15,18,27H,7,16-17H2,1H3,(H,26,28). The lowest BCUT2D eigenvalue weighted by atomic mass is 10.1. The number of benzene rings is 3. The van der Waals surface area contributed by atoms with Crippen LogP contribution in [-0.4, -0.2) is 27.5 Å². The van der Waals surface area contributed by atoms with Gasteiger partial charge in [0, 0.05) is 18.7 Å². The van der Waals surface area contributed by atoms with Gasteiger partial charge in [0.1, 0.15) is 5.82 Å². The van der Waals surface area contributed by atoms with Crippen molar-refractivity contribution < 1.29 is 22.3 Å². The second kappa shape index (κ2) is 10.9. The van der Waals surface area contributed by atoms with Gasteiger partial charge in [-0.2, -0.15) is 0 Å². The summed E-state index contributed by atoms with van der Waals surface area (Å²) in [6, 6.07) is 20.8. The van der Waals surface area contributed by atoms with E-state index in [1.54, 1.807) is 0 Å². The molecule has 0 fully saturated rings. The maximum atomic E-state index is 13.7. The summed E-state index contributed by atoms with van der Waals surface area (Å²) in [5.41, 5.74) is 1.28. The van der Waals surface area contributed by atoms with E-state index in [0.717, 1.165) is 5.56 Å². The van der Waals surface area contributed by atoms with Crippen molar-refractivity contribution in [2.45, 2.75) is 24.3 Å². The highest BCUT2D eigenvalue weighted by molar-refractivity contribution is 7.92. The Bertz CT molecular complexity index is 1140. The van der Waals surface area contributed by atoms with Gasteiger partial charge in [0.25, 0.3) is 15.9 Å². The van der Waals surface area contributed by atoms with Crippen molar-refractivity contribution in [1.29, 1.82) is 0 Å². The van der Waals surface area contributed by atoms with Crippen LogP contribution in [0.3, 0.4) is 0 Å². The summed E-state index contributed by atoms with van der Waals surface area (Å²) in [6.45, 7) is 2.90. The molecule has 1 atom stereocenters. The van der Waals surface area contributed by atoms with E-state index in [-0.39, 0.29) is 22.6 Å². The monoisotopic (exact) mass is 456 g/mol. The SMILES string of the molecule is CC(OCCCNC(=O)c1ccc(S(=O)(=O)Nc2ccccc2F)cc1)c1ccccc1. The molecule has 0 radical (unpaired) electrons. The highest BCUT2D eigenvalue weighted by Gasteiger charge is 2.17. The minimum Gasteiger partial charge on any atom is -0.374 e. The quantitative estimate of drug-likeness (QED) is 0.439. The molecule has 8 heteroatoms. The molecule has 3 aromatic rings. The molecule has 0 aliphatic carbocycles. The van der Waals surface area contributed by atoms with E-state index in [4.69, 9.17) is 4.74 Å². The molecule has 32 heavy (non-hydrogen) atoms. The second-order valence-corrected chi connectivity index (χ2v) is 8.83. The van der Waals surface area contributed by atoms with Crippen LogP contribution in [0.1, 0.15) is 35.4 Å². The van der Waals surface area contributed by atoms with E-state index in [2.05, 4.69) is 10.0 Å². The van der Waals surface area contributed by atoms with Crippen LogP contribution in [0.25, 0.3) is 0 Å². The Morgan fingerprint density at radius 3 is 2.31 bits per heavy atom. The third-order valence-electron chi connectivity index (χ3n) is 4.79. The fraction of sp³-hybridized carbons (Fsp3) is 0.208. The summed E-state index contributed by atoms with van der Waals surface area (Å²) in [7, 11) is -3.97. The molecule has 0 spiro atoms. The molecule has 0 aliphatic heterocycles. The van der Waals surface area contributed by atoms with Gasteiger partial charge in [-0.05, 0) is 55.3 Å². The third-order valence-corrected chi connectivity index (χ3v) is 6.17. The van der Waals surface area contributed by atoms with E-state index in [9.17, 15) is 17.6 Å². The summed E-state index contributed by atoms with van der Waals surface area (Å²) in [5, 5.41) is 2.78. The molecule has 168 valence electrons. The number of para-hydroxylation sites is 1.